The van der Waals surface area contributed by atoms with Gasteiger partial charge in [0.25, 0.3) is 5.91 Å². The van der Waals surface area contributed by atoms with E-state index in [1.165, 1.54) is 13.2 Å². The second kappa shape index (κ2) is 6.44. The second-order valence-corrected chi connectivity index (χ2v) is 4.63. The lowest BCUT2D eigenvalue weighted by atomic mass is 10.3. The summed E-state index contributed by atoms with van der Waals surface area (Å²) in [6.07, 6.45) is 0. The molecule has 1 aliphatic heterocycles. The SMILES string of the molecule is COC(=O)c1cccc(C(=O)NN2CCN(C)CC2)n1. The van der Waals surface area contributed by atoms with Crippen LogP contribution in [0.1, 0.15) is 21.0 Å². The van der Waals surface area contributed by atoms with Gasteiger partial charge in [-0.25, -0.2) is 14.8 Å². The standard InChI is InChI=1S/C13H18N4O3/c1-16-6-8-17(9-7-16)15-12(18)10-4-3-5-11(14-10)13(19)20-2/h3-5H,6-9H2,1-2H3,(H,15,18). The Balaban J connectivity index is 2.00. The smallest absolute Gasteiger partial charge is 0.356 e. The Labute approximate surface area is 117 Å². The Morgan fingerprint density at radius 1 is 1.20 bits per heavy atom. The number of carbonyl (C=O) groups excluding carboxylic acids is 2. The first-order valence-electron chi connectivity index (χ1n) is 6.40. The first-order chi connectivity index (χ1) is 9.60. The molecule has 1 saturated heterocycles. The Hall–Kier alpha value is -1.99. The summed E-state index contributed by atoms with van der Waals surface area (Å²) in [4.78, 5) is 29.7. The van der Waals surface area contributed by atoms with Gasteiger partial charge in [-0.15, -0.1) is 0 Å². The van der Waals surface area contributed by atoms with Crippen molar-refractivity contribution in [3.8, 4) is 0 Å². The predicted octanol–water partition coefficient (Wildman–Crippen LogP) is -0.240. The maximum atomic E-state index is 12.1. The van der Waals surface area contributed by atoms with Crippen molar-refractivity contribution in [1.82, 2.24) is 20.3 Å². The summed E-state index contributed by atoms with van der Waals surface area (Å²) in [6, 6.07) is 4.69. The summed E-state index contributed by atoms with van der Waals surface area (Å²) in [5.41, 5.74) is 3.12. The second-order valence-electron chi connectivity index (χ2n) is 4.63. The van der Waals surface area contributed by atoms with E-state index < -0.39 is 5.97 Å². The largest absolute Gasteiger partial charge is 0.464 e. The van der Waals surface area contributed by atoms with E-state index in [2.05, 4.69) is 20.0 Å². The van der Waals surface area contributed by atoms with Gasteiger partial charge in [0.2, 0.25) is 0 Å². The van der Waals surface area contributed by atoms with Gasteiger partial charge in [-0.2, -0.15) is 0 Å². The molecule has 0 atom stereocenters. The molecule has 1 fully saturated rings. The molecule has 0 radical (unpaired) electrons. The molecule has 1 aromatic rings. The monoisotopic (exact) mass is 278 g/mol. The van der Waals surface area contributed by atoms with Crippen molar-refractivity contribution in [2.75, 3.05) is 40.3 Å². The molecular weight excluding hydrogens is 260 g/mol. The lowest BCUT2D eigenvalue weighted by Gasteiger charge is -2.32. The van der Waals surface area contributed by atoms with Gasteiger partial charge in [-0.3, -0.25) is 10.2 Å². The quantitative estimate of drug-likeness (QED) is 0.769. The predicted molar refractivity (Wildman–Crippen MR) is 72.1 cm³/mol. The molecule has 0 aromatic carbocycles. The summed E-state index contributed by atoms with van der Waals surface area (Å²) in [6.45, 7) is 3.32. The molecule has 20 heavy (non-hydrogen) atoms. The highest BCUT2D eigenvalue weighted by molar-refractivity contribution is 5.94. The van der Waals surface area contributed by atoms with Crippen LogP contribution in [-0.2, 0) is 4.74 Å². The number of aromatic nitrogens is 1. The van der Waals surface area contributed by atoms with Gasteiger partial charge < -0.3 is 9.64 Å². The van der Waals surface area contributed by atoms with Gasteiger partial charge in [0.05, 0.1) is 7.11 Å². The molecule has 0 aliphatic carbocycles. The van der Waals surface area contributed by atoms with Gasteiger partial charge in [0.15, 0.2) is 0 Å². The summed E-state index contributed by atoms with van der Waals surface area (Å²) < 4.78 is 4.58. The Bertz CT molecular complexity index is 498. The van der Waals surface area contributed by atoms with E-state index in [1.54, 1.807) is 12.1 Å². The summed E-state index contributed by atoms with van der Waals surface area (Å²) >= 11 is 0. The number of carbonyl (C=O) groups is 2. The summed E-state index contributed by atoms with van der Waals surface area (Å²) in [7, 11) is 3.32. The third-order valence-corrected chi connectivity index (χ3v) is 3.14. The number of hydrogen-bond acceptors (Lipinski definition) is 6. The van der Waals surface area contributed by atoms with E-state index >= 15 is 0 Å². The van der Waals surface area contributed by atoms with E-state index in [4.69, 9.17) is 0 Å². The molecule has 1 amide bonds. The Kier molecular flexibility index (Phi) is 4.65. The fourth-order valence-electron chi connectivity index (χ4n) is 1.90. The fourth-order valence-corrected chi connectivity index (χ4v) is 1.90. The Morgan fingerprint density at radius 2 is 1.85 bits per heavy atom. The van der Waals surface area contributed by atoms with Crippen molar-refractivity contribution >= 4 is 11.9 Å². The molecule has 1 N–H and O–H groups in total. The minimum atomic E-state index is -0.556. The number of pyridine rings is 1. The van der Waals surface area contributed by atoms with Crippen molar-refractivity contribution in [1.29, 1.82) is 0 Å². The number of piperazine rings is 1. The molecule has 0 bridgehead atoms. The zero-order chi connectivity index (χ0) is 14.5. The van der Waals surface area contributed by atoms with Crippen molar-refractivity contribution in [2.24, 2.45) is 0 Å². The number of ether oxygens (including phenoxy) is 1. The molecule has 0 saturated carbocycles. The first kappa shape index (κ1) is 14.4. The normalized spacial score (nSPS) is 16.7. The van der Waals surface area contributed by atoms with Crippen molar-refractivity contribution in [3.05, 3.63) is 29.6 Å². The molecule has 0 unspecified atom stereocenters. The molecule has 7 nitrogen and oxygen atoms in total. The van der Waals surface area contributed by atoms with Crippen LogP contribution in [0.4, 0.5) is 0 Å². The van der Waals surface area contributed by atoms with Crippen LogP contribution in [0.15, 0.2) is 18.2 Å². The van der Waals surface area contributed by atoms with Gasteiger partial charge >= 0.3 is 5.97 Å². The molecule has 2 rings (SSSR count). The van der Waals surface area contributed by atoms with Crippen LogP contribution >= 0.6 is 0 Å². The van der Waals surface area contributed by atoms with Crippen molar-refractivity contribution in [2.45, 2.75) is 0 Å². The number of nitrogens with one attached hydrogen (secondary N) is 1. The van der Waals surface area contributed by atoms with Crippen LogP contribution in [-0.4, -0.2) is 67.1 Å². The highest BCUT2D eigenvalue weighted by Gasteiger charge is 2.18. The molecular formula is C13H18N4O3. The lowest BCUT2D eigenvalue weighted by Crippen LogP contribution is -2.52. The van der Waals surface area contributed by atoms with E-state index in [-0.39, 0.29) is 17.3 Å². The number of likely N-dealkylation sites (N-methyl/N-ethyl adjacent to an activating group) is 1. The van der Waals surface area contributed by atoms with E-state index in [9.17, 15) is 9.59 Å². The average Bonchev–Trinajstić information content (AvgIpc) is 2.49. The minimum Gasteiger partial charge on any atom is -0.464 e. The van der Waals surface area contributed by atoms with Crippen LogP contribution in [0.2, 0.25) is 0 Å². The average molecular weight is 278 g/mol. The van der Waals surface area contributed by atoms with E-state index in [1.807, 2.05) is 12.1 Å². The third-order valence-electron chi connectivity index (χ3n) is 3.14. The number of hydrazine groups is 1. The number of hydrogen-bond donors (Lipinski definition) is 1. The molecule has 1 aliphatic rings. The number of methoxy groups -OCH3 is 1. The van der Waals surface area contributed by atoms with Crippen LogP contribution < -0.4 is 5.43 Å². The molecule has 2 heterocycles. The van der Waals surface area contributed by atoms with Gasteiger partial charge in [0.1, 0.15) is 11.4 Å². The third kappa shape index (κ3) is 3.52. The zero-order valence-electron chi connectivity index (χ0n) is 11.6. The van der Waals surface area contributed by atoms with E-state index in [0.717, 1.165) is 26.2 Å². The molecule has 7 heteroatoms. The number of amides is 1. The highest BCUT2D eigenvalue weighted by atomic mass is 16.5. The highest BCUT2D eigenvalue weighted by Crippen LogP contribution is 2.03. The van der Waals surface area contributed by atoms with Gasteiger partial charge in [-0.1, -0.05) is 6.07 Å². The number of esters is 1. The van der Waals surface area contributed by atoms with Gasteiger partial charge in [0, 0.05) is 26.2 Å². The van der Waals surface area contributed by atoms with E-state index in [0.29, 0.717) is 0 Å². The maximum Gasteiger partial charge on any atom is 0.356 e. The van der Waals surface area contributed by atoms with Crippen molar-refractivity contribution in [3.63, 3.8) is 0 Å². The van der Waals surface area contributed by atoms with Crippen LogP contribution in [0.25, 0.3) is 0 Å². The minimum absolute atomic E-state index is 0.124. The fraction of sp³-hybridized carbons (Fsp3) is 0.462. The lowest BCUT2D eigenvalue weighted by molar-refractivity contribution is 0.0593. The van der Waals surface area contributed by atoms with Crippen LogP contribution in [0, 0.1) is 0 Å². The number of rotatable bonds is 3. The molecule has 108 valence electrons. The number of nitrogens with zero attached hydrogens (tertiary/aromatic N) is 3. The topological polar surface area (TPSA) is 74.8 Å². The maximum absolute atomic E-state index is 12.1. The van der Waals surface area contributed by atoms with Crippen molar-refractivity contribution < 1.29 is 14.3 Å². The summed E-state index contributed by atoms with van der Waals surface area (Å²) in [5, 5.41) is 1.86. The first-order valence-corrected chi connectivity index (χ1v) is 6.40. The summed E-state index contributed by atoms with van der Waals surface area (Å²) in [5.74, 6) is -0.875. The zero-order valence-corrected chi connectivity index (χ0v) is 11.6. The molecule has 1 aromatic heterocycles. The van der Waals surface area contributed by atoms with Crippen LogP contribution in [0.5, 0.6) is 0 Å². The molecule has 0 spiro atoms. The Morgan fingerprint density at radius 3 is 2.50 bits per heavy atom. The van der Waals surface area contributed by atoms with Crippen LogP contribution in [0.3, 0.4) is 0 Å². The van der Waals surface area contributed by atoms with Gasteiger partial charge in [-0.05, 0) is 19.2 Å².